The van der Waals surface area contributed by atoms with E-state index < -0.39 is 6.03 Å². The Morgan fingerprint density at radius 2 is 1.97 bits per heavy atom. The smallest absolute Gasteiger partial charge is 0.321 e. The van der Waals surface area contributed by atoms with Crippen molar-refractivity contribution < 1.29 is 9.59 Å². The van der Waals surface area contributed by atoms with Gasteiger partial charge in [-0.1, -0.05) is 13.3 Å². The van der Waals surface area contributed by atoms with Gasteiger partial charge < -0.3 is 9.88 Å². The lowest BCUT2D eigenvalue weighted by Gasteiger charge is -2.35. The number of hydrogen-bond acceptors (Lipinski definition) is 5. The van der Waals surface area contributed by atoms with Crippen molar-refractivity contribution in [2.45, 2.75) is 70.8 Å². The predicted octanol–water partition coefficient (Wildman–Crippen LogP) is 3.67. The quantitative estimate of drug-likeness (QED) is 0.720. The number of rotatable bonds is 3. The number of fused-ring (bicyclic) bond motifs is 1. The molecular formula is C26H33N5O3. The van der Waals surface area contributed by atoms with Gasteiger partial charge in [-0.25, -0.2) is 4.79 Å². The molecule has 2 aliphatic carbocycles. The maximum Gasteiger partial charge on any atom is 0.321 e. The average Bonchev–Trinajstić information content (AvgIpc) is 2.83. The zero-order valence-corrected chi connectivity index (χ0v) is 20.1. The van der Waals surface area contributed by atoms with Crippen LogP contribution in [0.3, 0.4) is 0 Å². The van der Waals surface area contributed by atoms with Gasteiger partial charge in [-0.15, -0.1) is 0 Å². The van der Waals surface area contributed by atoms with E-state index in [0.717, 1.165) is 47.8 Å². The Kier molecular flexibility index (Phi) is 7.01. The maximum atomic E-state index is 13.2. The number of nitriles is 1. The van der Waals surface area contributed by atoms with Crippen molar-refractivity contribution in [2.75, 3.05) is 0 Å². The number of pyridine rings is 2. The number of carbonyl (C=O) groups excluding carboxylic acids is 2. The molecule has 4 rings (SSSR count). The summed E-state index contributed by atoms with van der Waals surface area (Å²) in [4.78, 5) is 42.7. The lowest BCUT2D eigenvalue weighted by atomic mass is 9.74. The van der Waals surface area contributed by atoms with Crippen LogP contribution in [-0.2, 0) is 11.8 Å². The number of aryl methyl sites for hydroxylation is 2. The van der Waals surface area contributed by atoms with Gasteiger partial charge in [0, 0.05) is 47.8 Å². The van der Waals surface area contributed by atoms with E-state index in [1.54, 1.807) is 17.8 Å². The number of carbonyl (C=O) groups is 2. The van der Waals surface area contributed by atoms with Crippen molar-refractivity contribution in [1.82, 2.24) is 20.2 Å². The number of urea groups is 1. The van der Waals surface area contributed by atoms with E-state index >= 15 is 0 Å². The fourth-order valence-electron chi connectivity index (χ4n) is 5.62. The van der Waals surface area contributed by atoms with Gasteiger partial charge in [0.25, 0.3) is 5.56 Å². The van der Waals surface area contributed by atoms with E-state index in [-0.39, 0.29) is 35.3 Å². The molecule has 0 radical (unpaired) electrons. The predicted molar refractivity (Wildman–Crippen MR) is 129 cm³/mol. The first kappa shape index (κ1) is 23.9. The third kappa shape index (κ3) is 4.98. The molecule has 0 bridgehead atoms. The van der Waals surface area contributed by atoms with E-state index in [9.17, 15) is 14.4 Å². The molecule has 2 aromatic heterocycles. The zero-order valence-electron chi connectivity index (χ0n) is 20.1. The molecule has 5 atom stereocenters. The second kappa shape index (κ2) is 9.96. The van der Waals surface area contributed by atoms with Crippen molar-refractivity contribution in [1.29, 1.82) is 5.26 Å². The lowest BCUT2D eigenvalue weighted by molar-refractivity contribution is -0.125. The molecule has 5 unspecified atom stereocenters. The highest BCUT2D eigenvalue weighted by Gasteiger charge is 2.33. The highest BCUT2D eigenvalue weighted by Crippen LogP contribution is 2.37. The first-order valence-corrected chi connectivity index (χ1v) is 12.2. The Hall–Kier alpha value is -3.21. The summed E-state index contributed by atoms with van der Waals surface area (Å²) in [6, 6.07) is 5.50. The molecule has 2 saturated carbocycles. The minimum absolute atomic E-state index is 0.00823. The van der Waals surface area contributed by atoms with E-state index in [0.29, 0.717) is 25.2 Å². The average molecular weight is 464 g/mol. The van der Waals surface area contributed by atoms with Gasteiger partial charge in [-0.2, -0.15) is 5.26 Å². The third-order valence-electron chi connectivity index (χ3n) is 7.67. The molecule has 2 N–H and O–H groups in total. The zero-order chi connectivity index (χ0) is 24.4. The summed E-state index contributed by atoms with van der Waals surface area (Å²) in [5.41, 5.74) is 2.46. The summed E-state index contributed by atoms with van der Waals surface area (Å²) in [7, 11) is 1.79. The molecule has 2 aliphatic rings. The molecule has 2 heterocycles. The van der Waals surface area contributed by atoms with Crippen LogP contribution in [0, 0.1) is 36.0 Å². The van der Waals surface area contributed by atoms with Crippen LogP contribution in [0.25, 0.3) is 10.9 Å². The number of nitrogens with zero attached hydrogens (tertiary/aromatic N) is 3. The van der Waals surface area contributed by atoms with Gasteiger partial charge in [0.15, 0.2) is 0 Å². The van der Waals surface area contributed by atoms with Gasteiger partial charge in [0.1, 0.15) is 0 Å². The number of aromatic nitrogens is 2. The highest BCUT2D eigenvalue weighted by atomic mass is 16.2. The molecule has 8 nitrogen and oxygen atoms in total. The molecule has 0 aromatic carbocycles. The maximum absolute atomic E-state index is 13.2. The monoisotopic (exact) mass is 463 g/mol. The van der Waals surface area contributed by atoms with E-state index in [1.807, 2.05) is 19.1 Å². The minimum Gasteiger partial charge on any atom is -0.335 e. The normalized spacial score (nSPS) is 27.1. The van der Waals surface area contributed by atoms with Crippen LogP contribution in [0.4, 0.5) is 4.79 Å². The van der Waals surface area contributed by atoms with Crippen molar-refractivity contribution in [3.8, 4) is 6.07 Å². The van der Waals surface area contributed by atoms with Crippen molar-refractivity contribution in [2.24, 2.45) is 24.8 Å². The Morgan fingerprint density at radius 1 is 1.18 bits per heavy atom. The number of nitrogens with one attached hydrogen (secondary N) is 2. The molecule has 0 spiro atoms. The molecular weight excluding hydrogens is 430 g/mol. The topological polar surface area (TPSA) is 117 Å². The SMILES string of the molecule is Cc1cc2c(cn1)cc(C1CC(NC(=O)NC(=O)C3CCCC(C#N)C3)CCC1C)c(=O)n2C. The molecule has 0 saturated heterocycles. The Morgan fingerprint density at radius 3 is 2.74 bits per heavy atom. The molecule has 0 aliphatic heterocycles. The summed E-state index contributed by atoms with van der Waals surface area (Å²) < 4.78 is 1.69. The van der Waals surface area contributed by atoms with Crippen LogP contribution in [0.2, 0.25) is 0 Å². The molecule has 3 amide bonds. The molecule has 2 aromatic rings. The fraction of sp³-hybridized carbons (Fsp3) is 0.577. The van der Waals surface area contributed by atoms with Crippen LogP contribution in [0.15, 0.2) is 23.1 Å². The second-order valence-electron chi connectivity index (χ2n) is 10.1. The number of imide groups is 1. The number of hydrogen-bond donors (Lipinski definition) is 2. The van der Waals surface area contributed by atoms with Crippen LogP contribution in [0.5, 0.6) is 0 Å². The van der Waals surface area contributed by atoms with Gasteiger partial charge in [-0.05, 0) is 69.4 Å². The van der Waals surface area contributed by atoms with Crippen molar-refractivity contribution >= 4 is 22.8 Å². The van der Waals surface area contributed by atoms with E-state index in [4.69, 9.17) is 5.26 Å². The molecule has 8 heteroatoms. The Balaban J connectivity index is 1.44. The van der Waals surface area contributed by atoms with Crippen LogP contribution in [-0.4, -0.2) is 27.5 Å². The fourth-order valence-corrected chi connectivity index (χ4v) is 5.62. The number of amides is 3. The van der Waals surface area contributed by atoms with Gasteiger partial charge in [0.2, 0.25) is 5.91 Å². The van der Waals surface area contributed by atoms with Gasteiger partial charge in [0.05, 0.1) is 11.6 Å². The standard InChI is InChI=1S/C26H33N5O3/c1-15-7-8-20(29-26(34)30-24(32)18-6-4-5-17(10-18)13-27)12-21(15)22-11-19-14-28-16(2)9-23(19)31(3)25(22)33/h9,11,14-15,17-18,20-21H,4-8,10,12H2,1-3H3,(H2,29,30,32,34). The minimum atomic E-state index is -0.492. The van der Waals surface area contributed by atoms with Gasteiger partial charge in [-0.3, -0.25) is 19.9 Å². The van der Waals surface area contributed by atoms with E-state index in [1.165, 1.54) is 0 Å². The largest absolute Gasteiger partial charge is 0.335 e. The third-order valence-corrected chi connectivity index (χ3v) is 7.67. The summed E-state index contributed by atoms with van der Waals surface area (Å²) in [6.45, 7) is 4.05. The summed E-state index contributed by atoms with van der Waals surface area (Å²) in [5, 5.41) is 15.5. The summed E-state index contributed by atoms with van der Waals surface area (Å²) in [6.07, 6.45) is 6.99. The molecule has 180 valence electrons. The van der Waals surface area contributed by atoms with Gasteiger partial charge >= 0.3 is 6.03 Å². The summed E-state index contributed by atoms with van der Waals surface area (Å²) in [5.74, 6) is -0.396. The Bertz CT molecular complexity index is 1200. The van der Waals surface area contributed by atoms with Crippen LogP contribution in [0.1, 0.15) is 69.0 Å². The van der Waals surface area contributed by atoms with Crippen molar-refractivity contribution in [3.05, 3.63) is 39.9 Å². The summed E-state index contributed by atoms with van der Waals surface area (Å²) >= 11 is 0. The van der Waals surface area contributed by atoms with Crippen molar-refractivity contribution in [3.63, 3.8) is 0 Å². The second-order valence-corrected chi connectivity index (χ2v) is 10.1. The highest BCUT2D eigenvalue weighted by molar-refractivity contribution is 5.95. The molecule has 34 heavy (non-hydrogen) atoms. The Labute approximate surface area is 199 Å². The first-order valence-electron chi connectivity index (χ1n) is 12.2. The first-order chi connectivity index (χ1) is 16.3. The molecule has 2 fully saturated rings. The van der Waals surface area contributed by atoms with Crippen LogP contribution >= 0.6 is 0 Å². The lowest BCUT2D eigenvalue weighted by Crippen LogP contribution is -2.48. The van der Waals surface area contributed by atoms with Crippen LogP contribution < -0.4 is 16.2 Å². The van der Waals surface area contributed by atoms with E-state index in [2.05, 4.69) is 28.6 Å².